The van der Waals surface area contributed by atoms with Gasteiger partial charge >= 0.3 is 0 Å². The van der Waals surface area contributed by atoms with Crippen molar-refractivity contribution in [1.82, 2.24) is 15.6 Å². The van der Waals surface area contributed by atoms with Gasteiger partial charge in [0.2, 0.25) is 5.88 Å². The third-order valence-electron chi connectivity index (χ3n) is 4.00. The molecule has 0 unspecified atom stereocenters. The predicted molar refractivity (Wildman–Crippen MR) is 116 cm³/mol. The van der Waals surface area contributed by atoms with Gasteiger partial charge in [-0.1, -0.05) is 25.1 Å². The maximum atomic E-state index is 6.08. The average molecular weight is 401 g/mol. The fourth-order valence-electron chi connectivity index (χ4n) is 2.55. The Morgan fingerprint density at radius 3 is 2.62 bits per heavy atom. The molecule has 0 saturated heterocycles. The fraction of sp³-hybridized carbons (Fsp3) is 0.455. The molecular formula is C22H32N4O3. The zero-order valence-electron chi connectivity index (χ0n) is 17.6. The van der Waals surface area contributed by atoms with Crippen molar-refractivity contribution in [2.75, 3.05) is 33.4 Å². The van der Waals surface area contributed by atoms with Crippen molar-refractivity contribution >= 4 is 5.96 Å². The van der Waals surface area contributed by atoms with E-state index < -0.39 is 0 Å². The Hall–Kier alpha value is -2.80. The van der Waals surface area contributed by atoms with Crippen molar-refractivity contribution in [2.24, 2.45) is 4.99 Å². The number of pyridine rings is 1. The van der Waals surface area contributed by atoms with Gasteiger partial charge in [0.05, 0.1) is 6.61 Å². The molecule has 0 aliphatic heterocycles. The normalized spacial score (nSPS) is 11.2. The second-order valence-corrected chi connectivity index (χ2v) is 6.27. The van der Waals surface area contributed by atoms with E-state index in [9.17, 15) is 0 Å². The molecular weight excluding hydrogens is 368 g/mol. The van der Waals surface area contributed by atoms with Crippen molar-refractivity contribution in [2.45, 2.75) is 33.2 Å². The van der Waals surface area contributed by atoms with Crippen molar-refractivity contribution in [1.29, 1.82) is 0 Å². The van der Waals surface area contributed by atoms with Gasteiger partial charge in [0, 0.05) is 45.1 Å². The Morgan fingerprint density at radius 2 is 1.86 bits per heavy atom. The van der Waals surface area contributed by atoms with Gasteiger partial charge in [-0.2, -0.15) is 0 Å². The van der Waals surface area contributed by atoms with E-state index in [1.165, 1.54) is 0 Å². The maximum Gasteiger partial charge on any atom is 0.224 e. The van der Waals surface area contributed by atoms with Gasteiger partial charge in [-0.3, -0.25) is 4.99 Å². The Kier molecular flexibility index (Phi) is 10.4. The summed E-state index contributed by atoms with van der Waals surface area (Å²) < 4.78 is 17.2. The highest BCUT2D eigenvalue weighted by atomic mass is 16.5. The summed E-state index contributed by atoms with van der Waals surface area (Å²) in [5.41, 5.74) is 0.926. The summed E-state index contributed by atoms with van der Waals surface area (Å²) in [5.74, 6) is 2.63. The second kappa shape index (κ2) is 13.4. The van der Waals surface area contributed by atoms with E-state index >= 15 is 0 Å². The van der Waals surface area contributed by atoms with Crippen LogP contribution < -0.4 is 20.1 Å². The molecule has 0 radical (unpaired) electrons. The van der Waals surface area contributed by atoms with Gasteiger partial charge in [0.1, 0.15) is 0 Å². The summed E-state index contributed by atoms with van der Waals surface area (Å²) in [6, 6.07) is 11.5. The number of aromatic nitrogens is 1. The van der Waals surface area contributed by atoms with Crippen LogP contribution in [0.2, 0.25) is 0 Å². The van der Waals surface area contributed by atoms with Crippen LogP contribution in [0.25, 0.3) is 0 Å². The standard InChI is InChI=1S/C22H32N4O3/c1-4-15-28-19-11-6-7-12-20(19)29-21-18(10-8-13-24-21)17-26-22(23-3)25-14-9-16-27-5-2/h6-8,10-13H,4-5,9,14-17H2,1-3H3,(H2,23,25,26). The molecule has 1 aromatic heterocycles. The highest BCUT2D eigenvalue weighted by Crippen LogP contribution is 2.31. The van der Waals surface area contributed by atoms with Crippen LogP contribution in [0.15, 0.2) is 47.6 Å². The van der Waals surface area contributed by atoms with Gasteiger partial charge in [-0.05, 0) is 38.0 Å². The third kappa shape index (κ3) is 7.99. The lowest BCUT2D eigenvalue weighted by molar-refractivity contribution is 0.145. The number of benzene rings is 1. The van der Waals surface area contributed by atoms with E-state index in [1.54, 1.807) is 13.2 Å². The molecule has 0 spiro atoms. The molecule has 29 heavy (non-hydrogen) atoms. The number of ether oxygens (including phenoxy) is 3. The Morgan fingerprint density at radius 1 is 1.03 bits per heavy atom. The van der Waals surface area contributed by atoms with Crippen LogP contribution in [-0.4, -0.2) is 44.4 Å². The minimum Gasteiger partial charge on any atom is -0.490 e. The highest BCUT2D eigenvalue weighted by molar-refractivity contribution is 5.79. The molecule has 0 atom stereocenters. The molecule has 2 rings (SSSR count). The molecule has 0 fully saturated rings. The van der Waals surface area contributed by atoms with E-state index in [1.807, 2.05) is 43.3 Å². The number of nitrogens with one attached hydrogen (secondary N) is 2. The smallest absolute Gasteiger partial charge is 0.224 e. The minimum atomic E-state index is 0.534. The summed E-state index contributed by atoms with van der Waals surface area (Å²) in [6.45, 7) is 7.51. The van der Waals surface area contributed by atoms with Gasteiger partial charge in [-0.15, -0.1) is 0 Å². The molecule has 7 heteroatoms. The first-order valence-electron chi connectivity index (χ1n) is 10.1. The van der Waals surface area contributed by atoms with Crippen LogP contribution >= 0.6 is 0 Å². The van der Waals surface area contributed by atoms with Crippen LogP contribution in [0, 0.1) is 0 Å². The van der Waals surface area contributed by atoms with Crippen molar-refractivity contribution in [3.8, 4) is 17.4 Å². The lowest BCUT2D eigenvalue weighted by Gasteiger charge is -2.15. The van der Waals surface area contributed by atoms with Crippen molar-refractivity contribution in [3.63, 3.8) is 0 Å². The number of guanidine groups is 1. The Balaban J connectivity index is 1.97. The molecule has 0 saturated carbocycles. The molecule has 2 aromatic rings. The molecule has 0 aliphatic carbocycles. The van der Waals surface area contributed by atoms with Crippen LogP contribution in [0.5, 0.6) is 17.4 Å². The molecule has 0 bridgehead atoms. The lowest BCUT2D eigenvalue weighted by atomic mass is 10.2. The first kappa shape index (κ1) is 22.5. The topological polar surface area (TPSA) is 77.0 Å². The fourth-order valence-corrected chi connectivity index (χ4v) is 2.55. The number of hydrogen-bond acceptors (Lipinski definition) is 5. The average Bonchev–Trinajstić information content (AvgIpc) is 2.76. The molecule has 1 aromatic carbocycles. The van der Waals surface area contributed by atoms with Gasteiger partial charge in [-0.25, -0.2) is 4.98 Å². The molecule has 1 heterocycles. The largest absolute Gasteiger partial charge is 0.490 e. The predicted octanol–water partition coefficient (Wildman–Crippen LogP) is 3.75. The monoisotopic (exact) mass is 400 g/mol. The first-order valence-corrected chi connectivity index (χ1v) is 10.1. The number of hydrogen-bond donors (Lipinski definition) is 2. The van der Waals surface area contributed by atoms with E-state index in [2.05, 4.69) is 27.5 Å². The quantitative estimate of drug-likeness (QED) is 0.321. The van der Waals surface area contributed by atoms with E-state index in [4.69, 9.17) is 14.2 Å². The summed E-state index contributed by atoms with van der Waals surface area (Å²) in [7, 11) is 1.75. The van der Waals surface area contributed by atoms with E-state index in [0.717, 1.165) is 44.1 Å². The molecule has 0 amide bonds. The van der Waals surface area contributed by atoms with Gasteiger partial charge in [0.15, 0.2) is 17.5 Å². The van der Waals surface area contributed by atoms with Crippen LogP contribution in [0.1, 0.15) is 32.3 Å². The highest BCUT2D eigenvalue weighted by Gasteiger charge is 2.11. The second-order valence-electron chi connectivity index (χ2n) is 6.27. The lowest BCUT2D eigenvalue weighted by Crippen LogP contribution is -2.37. The number of nitrogens with zero attached hydrogens (tertiary/aromatic N) is 2. The molecule has 0 aliphatic rings. The molecule has 2 N–H and O–H groups in total. The summed E-state index contributed by atoms with van der Waals surface area (Å²) >= 11 is 0. The van der Waals surface area contributed by atoms with E-state index in [0.29, 0.717) is 30.5 Å². The Bertz CT molecular complexity index is 752. The Labute approximate surface area is 173 Å². The van der Waals surface area contributed by atoms with Gasteiger partial charge in [0.25, 0.3) is 0 Å². The van der Waals surface area contributed by atoms with E-state index in [-0.39, 0.29) is 0 Å². The number of para-hydroxylation sites is 2. The molecule has 158 valence electrons. The van der Waals surface area contributed by atoms with Gasteiger partial charge < -0.3 is 24.8 Å². The van der Waals surface area contributed by atoms with Crippen LogP contribution in [-0.2, 0) is 11.3 Å². The zero-order valence-corrected chi connectivity index (χ0v) is 17.6. The first-order chi connectivity index (χ1) is 14.3. The minimum absolute atomic E-state index is 0.534. The zero-order chi connectivity index (χ0) is 20.7. The van der Waals surface area contributed by atoms with Crippen molar-refractivity contribution in [3.05, 3.63) is 48.2 Å². The number of aliphatic imine (C=N–C) groups is 1. The van der Waals surface area contributed by atoms with Crippen LogP contribution in [0.4, 0.5) is 0 Å². The SMILES string of the molecule is CCCOc1ccccc1Oc1ncccc1CNC(=NC)NCCCOCC. The number of rotatable bonds is 12. The van der Waals surface area contributed by atoms with Crippen LogP contribution in [0.3, 0.4) is 0 Å². The summed E-state index contributed by atoms with van der Waals surface area (Å²) in [4.78, 5) is 8.66. The summed E-state index contributed by atoms with van der Waals surface area (Å²) in [6.07, 6.45) is 3.57. The third-order valence-corrected chi connectivity index (χ3v) is 4.00. The molecule has 7 nitrogen and oxygen atoms in total. The summed E-state index contributed by atoms with van der Waals surface area (Å²) in [5, 5.41) is 6.58. The maximum absolute atomic E-state index is 6.08. The van der Waals surface area contributed by atoms with Crippen molar-refractivity contribution < 1.29 is 14.2 Å².